The Morgan fingerprint density at radius 3 is 2.80 bits per heavy atom. The zero-order valence-corrected chi connectivity index (χ0v) is 11.3. The van der Waals surface area contributed by atoms with Crippen molar-refractivity contribution in [2.75, 3.05) is 19.6 Å². The number of carbonyl (C=O) groups is 2. The molecule has 110 valence electrons. The lowest BCUT2D eigenvalue weighted by atomic mass is 9.94. The molecule has 0 aliphatic carbocycles. The molecule has 1 aromatic heterocycles. The highest BCUT2D eigenvalue weighted by Crippen LogP contribution is 2.20. The number of carbonyl (C=O) groups excluding carboxylic acids is 1. The van der Waals surface area contributed by atoms with Crippen molar-refractivity contribution < 1.29 is 14.7 Å². The van der Waals surface area contributed by atoms with E-state index in [0.717, 1.165) is 25.0 Å². The van der Waals surface area contributed by atoms with Gasteiger partial charge in [-0.05, 0) is 18.8 Å². The summed E-state index contributed by atoms with van der Waals surface area (Å²) in [4.78, 5) is 31.2. The number of carboxylic acid groups (broad SMARTS) is 1. The molecule has 0 bridgehead atoms. The Labute approximate surface area is 117 Å². The summed E-state index contributed by atoms with van der Waals surface area (Å²) in [7, 11) is 0. The number of likely N-dealkylation sites (tertiary alicyclic amines) is 1. The molecule has 2 amide bonds. The molecule has 1 fully saturated rings. The molecule has 2 rings (SSSR count). The van der Waals surface area contributed by atoms with E-state index < -0.39 is 5.97 Å². The van der Waals surface area contributed by atoms with Gasteiger partial charge in [0.15, 0.2) is 0 Å². The fraction of sp³-hybridized carbons (Fsp3) is 0.615. The number of aromatic amines is 1. The Balaban J connectivity index is 1.65. The molecule has 3 N–H and O–H groups in total. The summed E-state index contributed by atoms with van der Waals surface area (Å²) in [6.45, 7) is 1.83. The Morgan fingerprint density at radius 2 is 2.20 bits per heavy atom. The van der Waals surface area contributed by atoms with Crippen molar-refractivity contribution in [3.8, 4) is 0 Å². The number of H-pyrrole nitrogens is 1. The van der Waals surface area contributed by atoms with E-state index in [4.69, 9.17) is 5.11 Å². The summed E-state index contributed by atoms with van der Waals surface area (Å²) in [5.74, 6) is -0.561. The molecule has 0 radical (unpaired) electrons. The first-order chi connectivity index (χ1) is 9.65. The maximum atomic E-state index is 11.9. The number of piperidine rings is 1. The number of carboxylic acids is 1. The van der Waals surface area contributed by atoms with Crippen LogP contribution >= 0.6 is 0 Å². The van der Waals surface area contributed by atoms with Gasteiger partial charge in [-0.2, -0.15) is 0 Å². The third-order valence-electron chi connectivity index (χ3n) is 3.59. The fourth-order valence-electron chi connectivity index (χ4n) is 2.42. The second-order valence-corrected chi connectivity index (χ2v) is 5.09. The minimum absolute atomic E-state index is 0.0710. The molecule has 0 unspecified atom stereocenters. The van der Waals surface area contributed by atoms with E-state index in [0.29, 0.717) is 19.6 Å². The molecule has 7 heteroatoms. The number of amides is 2. The third-order valence-corrected chi connectivity index (χ3v) is 3.59. The van der Waals surface area contributed by atoms with E-state index in [1.165, 1.54) is 0 Å². The first kappa shape index (κ1) is 14.4. The number of hydrogen-bond acceptors (Lipinski definition) is 3. The van der Waals surface area contributed by atoms with Gasteiger partial charge in [0.1, 0.15) is 0 Å². The lowest BCUT2D eigenvalue weighted by molar-refractivity contribution is -0.138. The zero-order valence-electron chi connectivity index (χ0n) is 11.3. The molecule has 2 heterocycles. The normalized spacial score (nSPS) is 16.1. The van der Waals surface area contributed by atoms with Gasteiger partial charge in [0, 0.05) is 44.4 Å². The van der Waals surface area contributed by atoms with Crippen LogP contribution in [0.1, 0.15) is 25.0 Å². The van der Waals surface area contributed by atoms with Gasteiger partial charge in [0.05, 0.1) is 6.33 Å². The minimum Gasteiger partial charge on any atom is -0.481 e. The topological polar surface area (TPSA) is 98.3 Å². The largest absolute Gasteiger partial charge is 0.481 e. The average molecular weight is 280 g/mol. The summed E-state index contributed by atoms with van der Waals surface area (Å²) < 4.78 is 0. The summed E-state index contributed by atoms with van der Waals surface area (Å²) >= 11 is 0. The first-order valence-corrected chi connectivity index (χ1v) is 6.87. The maximum Gasteiger partial charge on any atom is 0.317 e. The molecular weight excluding hydrogens is 260 g/mol. The predicted molar refractivity (Wildman–Crippen MR) is 72.2 cm³/mol. The third kappa shape index (κ3) is 4.25. The molecule has 1 saturated heterocycles. The summed E-state index contributed by atoms with van der Waals surface area (Å²) in [6.07, 6.45) is 5.81. The number of aromatic nitrogens is 2. The van der Waals surface area contributed by atoms with Gasteiger partial charge >= 0.3 is 12.0 Å². The predicted octanol–water partition coefficient (Wildman–Crippen LogP) is 0.848. The van der Waals surface area contributed by atoms with Crippen LogP contribution in [0.3, 0.4) is 0 Å². The van der Waals surface area contributed by atoms with Crippen molar-refractivity contribution in [3.63, 3.8) is 0 Å². The highest BCUT2D eigenvalue weighted by atomic mass is 16.4. The molecule has 0 spiro atoms. The molecule has 7 nitrogen and oxygen atoms in total. The standard InChI is InChI=1S/C13H20N4O3/c18-12(19)7-10-2-5-17(6-3-10)13(20)15-4-1-11-8-14-9-16-11/h8-10H,1-7H2,(H,14,16)(H,15,20)(H,18,19). The molecule has 1 aliphatic heterocycles. The van der Waals surface area contributed by atoms with E-state index in [-0.39, 0.29) is 18.4 Å². The average Bonchev–Trinajstić information content (AvgIpc) is 2.92. The highest BCUT2D eigenvalue weighted by molar-refractivity contribution is 5.74. The first-order valence-electron chi connectivity index (χ1n) is 6.87. The van der Waals surface area contributed by atoms with Crippen LogP contribution in [0.5, 0.6) is 0 Å². The highest BCUT2D eigenvalue weighted by Gasteiger charge is 2.23. The molecule has 20 heavy (non-hydrogen) atoms. The number of rotatable bonds is 5. The summed E-state index contributed by atoms with van der Waals surface area (Å²) in [5, 5.41) is 11.6. The van der Waals surface area contributed by atoms with Crippen molar-refractivity contribution in [2.45, 2.75) is 25.7 Å². The number of aliphatic carboxylic acids is 1. The molecular formula is C13H20N4O3. The van der Waals surface area contributed by atoms with Crippen LogP contribution in [0.2, 0.25) is 0 Å². The van der Waals surface area contributed by atoms with Crippen LogP contribution in [-0.4, -0.2) is 51.6 Å². The lowest BCUT2D eigenvalue weighted by Gasteiger charge is -2.31. The SMILES string of the molecule is O=C(O)CC1CCN(C(=O)NCCc2cnc[nH]2)CC1. The Bertz CT molecular complexity index is 438. The van der Waals surface area contributed by atoms with Crippen molar-refractivity contribution in [2.24, 2.45) is 5.92 Å². The van der Waals surface area contributed by atoms with Crippen molar-refractivity contribution in [3.05, 3.63) is 18.2 Å². The van der Waals surface area contributed by atoms with Gasteiger partial charge in [-0.3, -0.25) is 4.79 Å². The van der Waals surface area contributed by atoms with Crippen molar-refractivity contribution in [1.82, 2.24) is 20.2 Å². The molecule has 0 aromatic carbocycles. The molecule has 1 aromatic rings. The molecule has 0 saturated carbocycles. The van der Waals surface area contributed by atoms with E-state index >= 15 is 0 Å². The fourth-order valence-corrected chi connectivity index (χ4v) is 2.42. The van der Waals surface area contributed by atoms with Gasteiger partial charge in [-0.15, -0.1) is 0 Å². The number of hydrogen-bond donors (Lipinski definition) is 3. The minimum atomic E-state index is -0.757. The van der Waals surface area contributed by atoms with Gasteiger partial charge in [0.25, 0.3) is 0 Å². The number of urea groups is 1. The Hall–Kier alpha value is -2.05. The van der Waals surface area contributed by atoms with Crippen LogP contribution in [0.4, 0.5) is 4.79 Å². The van der Waals surface area contributed by atoms with Crippen molar-refractivity contribution in [1.29, 1.82) is 0 Å². The summed E-state index contributed by atoms with van der Waals surface area (Å²) in [5.41, 5.74) is 0.991. The van der Waals surface area contributed by atoms with Gasteiger partial charge in [-0.1, -0.05) is 0 Å². The van der Waals surface area contributed by atoms with Gasteiger partial charge in [0.2, 0.25) is 0 Å². The summed E-state index contributed by atoms with van der Waals surface area (Å²) in [6, 6.07) is -0.0710. The number of nitrogens with one attached hydrogen (secondary N) is 2. The number of nitrogens with zero attached hydrogens (tertiary/aromatic N) is 2. The Morgan fingerprint density at radius 1 is 1.45 bits per heavy atom. The van der Waals surface area contributed by atoms with Gasteiger partial charge in [-0.25, -0.2) is 9.78 Å². The van der Waals surface area contributed by atoms with E-state index in [9.17, 15) is 9.59 Å². The van der Waals surface area contributed by atoms with E-state index in [1.807, 2.05) is 0 Å². The van der Waals surface area contributed by atoms with Crippen LogP contribution in [0.25, 0.3) is 0 Å². The van der Waals surface area contributed by atoms with Crippen molar-refractivity contribution >= 4 is 12.0 Å². The molecule has 0 atom stereocenters. The second-order valence-electron chi connectivity index (χ2n) is 5.09. The zero-order chi connectivity index (χ0) is 14.4. The quantitative estimate of drug-likeness (QED) is 0.744. The van der Waals surface area contributed by atoms with Crippen LogP contribution in [-0.2, 0) is 11.2 Å². The monoisotopic (exact) mass is 280 g/mol. The Kier molecular flexibility index (Phi) is 4.97. The smallest absolute Gasteiger partial charge is 0.317 e. The van der Waals surface area contributed by atoms with Crippen LogP contribution < -0.4 is 5.32 Å². The maximum absolute atomic E-state index is 11.9. The van der Waals surface area contributed by atoms with Crippen LogP contribution in [0, 0.1) is 5.92 Å². The molecule has 1 aliphatic rings. The van der Waals surface area contributed by atoms with E-state index in [1.54, 1.807) is 17.4 Å². The lowest BCUT2D eigenvalue weighted by Crippen LogP contribution is -2.45. The number of imidazole rings is 1. The second kappa shape index (κ2) is 6.93. The van der Waals surface area contributed by atoms with Crippen LogP contribution in [0.15, 0.2) is 12.5 Å². The van der Waals surface area contributed by atoms with Gasteiger partial charge < -0.3 is 20.3 Å². The van der Waals surface area contributed by atoms with E-state index in [2.05, 4.69) is 15.3 Å².